The number of rotatable bonds is 1. The van der Waals surface area contributed by atoms with Crippen LogP contribution in [0.15, 0.2) is 40.9 Å². The van der Waals surface area contributed by atoms with Gasteiger partial charge in [-0.25, -0.2) is 13.2 Å². The highest BCUT2D eigenvalue weighted by molar-refractivity contribution is 9.10. The van der Waals surface area contributed by atoms with E-state index in [9.17, 15) is 13.2 Å². The quantitative estimate of drug-likeness (QED) is 0.722. The Balaban J connectivity index is 2.58. The van der Waals surface area contributed by atoms with Crippen molar-refractivity contribution >= 4 is 15.9 Å². The molecule has 0 amide bonds. The molecule has 0 aliphatic heterocycles. The summed E-state index contributed by atoms with van der Waals surface area (Å²) in [6.45, 7) is 0. The number of hydrogen-bond acceptors (Lipinski definition) is 0. The van der Waals surface area contributed by atoms with Gasteiger partial charge in [-0.3, -0.25) is 0 Å². The summed E-state index contributed by atoms with van der Waals surface area (Å²) in [6, 6.07) is 7.22. The maximum atomic E-state index is 13.4. The van der Waals surface area contributed by atoms with E-state index >= 15 is 0 Å². The summed E-state index contributed by atoms with van der Waals surface area (Å²) in [6.07, 6.45) is 0. The molecule has 0 N–H and O–H groups in total. The molecule has 0 heterocycles. The van der Waals surface area contributed by atoms with Gasteiger partial charge in [0.05, 0.1) is 0 Å². The van der Waals surface area contributed by atoms with Gasteiger partial charge < -0.3 is 0 Å². The van der Waals surface area contributed by atoms with Crippen molar-refractivity contribution < 1.29 is 13.2 Å². The fourth-order valence-corrected chi connectivity index (χ4v) is 1.90. The van der Waals surface area contributed by atoms with Gasteiger partial charge in [0.2, 0.25) is 0 Å². The Morgan fingerprint density at radius 3 is 2.19 bits per heavy atom. The van der Waals surface area contributed by atoms with Crippen molar-refractivity contribution in [2.45, 2.75) is 0 Å². The van der Waals surface area contributed by atoms with Gasteiger partial charge in [0, 0.05) is 16.1 Å². The molecule has 0 fully saturated rings. The lowest BCUT2D eigenvalue weighted by Gasteiger charge is -2.04. The Labute approximate surface area is 98.9 Å². The van der Waals surface area contributed by atoms with Crippen LogP contribution in [-0.4, -0.2) is 0 Å². The molecule has 0 saturated carbocycles. The second kappa shape index (κ2) is 4.29. The summed E-state index contributed by atoms with van der Waals surface area (Å²) >= 11 is 3.11. The van der Waals surface area contributed by atoms with Crippen LogP contribution in [0, 0.1) is 17.5 Å². The third-order valence-electron chi connectivity index (χ3n) is 2.10. The number of hydrogen-bond donors (Lipinski definition) is 0. The molecule has 16 heavy (non-hydrogen) atoms. The van der Waals surface area contributed by atoms with Gasteiger partial charge in [-0.05, 0) is 35.9 Å². The first kappa shape index (κ1) is 11.2. The summed E-state index contributed by atoms with van der Waals surface area (Å²) in [5.41, 5.74) is 0.533. The third-order valence-corrected chi connectivity index (χ3v) is 2.56. The summed E-state index contributed by atoms with van der Waals surface area (Å²) < 4.78 is 39.7. The van der Waals surface area contributed by atoms with E-state index in [0.717, 1.165) is 12.1 Å². The first-order valence-electron chi connectivity index (χ1n) is 4.48. The van der Waals surface area contributed by atoms with Crippen molar-refractivity contribution in [3.63, 3.8) is 0 Å². The van der Waals surface area contributed by atoms with Crippen LogP contribution in [0.25, 0.3) is 11.1 Å². The average Bonchev–Trinajstić information content (AvgIpc) is 2.15. The van der Waals surface area contributed by atoms with Crippen molar-refractivity contribution in [3.8, 4) is 11.1 Å². The van der Waals surface area contributed by atoms with Crippen LogP contribution in [0.2, 0.25) is 0 Å². The van der Waals surface area contributed by atoms with E-state index in [1.165, 1.54) is 18.2 Å². The normalized spacial score (nSPS) is 10.5. The first-order valence-corrected chi connectivity index (χ1v) is 5.27. The van der Waals surface area contributed by atoms with E-state index in [4.69, 9.17) is 0 Å². The van der Waals surface area contributed by atoms with Crippen LogP contribution in [0.3, 0.4) is 0 Å². The zero-order valence-electron chi connectivity index (χ0n) is 7.98. The second-order valence-corrected chi connectivity index (χ2v) is 4.20. The lowest BCUT2D eigenvalue weighted by atomic mass is 10.1. The van der Waals surface area contributed by atoms with Crippen LogP contribution in [0.4, 0.5) is 13.2 Å². The van der Waals surface area contributed by atoms with Gasteiger partial charge in [-0.2, -0.15) is 0 Å². The van der Waals surface area contributed by atoms with Gasteiger partial charge in [0.25, 0.3) is 0 Å². The molecule has 0 unspecified atom stereocenters. The van der Waals surface area contributed by atoms with E-state index < -0.39 is 17.5 Å². The Kier molecular flexibility index (Phi) is 3.01. The zero-order valence-corrected chi connectivity index (χ0v) is 9.56. The van der Waals surface area contributed by atoms with Crippen molar-refractivity contribution in [2.24, 2.45) is 0 Å². The van der Waals surface area contributed by atoms with Gasteiger partial charge >= 0.3 is 0 Å². The van der Waals surface area contributed by atoms with Crippen molar-refractivity contribution in [1.29, 1.82) is 0 Å². The summed E-state index contributed by atoms with van der Waals surface area (Å²) in [5, 5.41) is 0. The lowest BCUT2D eigenvalue weighted by molar-refractivity contribution is 0.585. The van der Waals surface area contributed by atoms with Crippen LogP contribution in [-0.2, 0) is 0 Å². The summed E-state index contributed by atoms with van der Waals surface area (Å²) in [7, 11) is 0. The molecule has 2 aromatic rings. The Morgan fingerprint density at radius 2 is 1.56 bits per heavy atom. The molecule has 0 bridgehead atoms. The number of halogens is 4. The van der Waals surface area contributed by atoms with Crippen molar-refractivity contribution in [1.82, 2.24) is 0 Å². The van der Waals surface area contributed by atoms with Crippen molar-refractivity contribution in [2.75, 3.05) is 0 Å². The minimum atomic E-state index is -0.711. The van der Waals surface area contributed by atoms with Crippen LogP contribution < -0.4 is 0 Å². The molecule has 0 aromatic heterocycles. The molecule has 0 spiro atoms. The molecular formula is C12H6BrF3. The molecule has 0 aliphatic rings. The highest BCUT2D eigenvalue weighted by Crippen LogP contribution is 2.27. The van der Waals surface area contributed by atoms with E-state index in [0.29, 0.717) is 10.0 Å². The molecule has 0 atom stereocenters. The minimum absolute atomic E-state index is 0.168. The highest BCUT2D eigenvalue weighted by atomic mass is 79.9. The molecule has 0 radical (unpaired) electrons. The first-order chi connectivity index (χ1) is 7.56. The molecule has 0 saturated heterocycles. The predicted octanol–water partition coefficient (Wildman–Crippen LogP) is 4.53. The van der Waals surface area contributed by atoms with Gasteiger partial charge in [0.1, 0.15) is 17.5 Å². The van der Waals surface area contributed by atoms with E-state index in [1.807, 2.05) is 0 Å². The smallest absolute Gasteiger partial charge is 0.133 e. The zero-order chi connectivity index (χ0) is 11.7. The minimum Gasteiger partial charge on any atom is -0.207 e. The fraction of sp³-hybridized carbons (Fsp3) is 0. The molecule has 0 aliphatic carbocycles. The Bertz CT molecular complexity index is 518. The molecule has 0 nitrogen and oxygen atoms in total. The predicted molar refractivity (Wildman–Crippen MR) is 59.5 cm³/mol. The van der Waals surface area contributed by atoms with Crippen LogP contribution in [0.1, 0.15) is 0 Å². The lowest BCUT2D eigenvalue weighted by Crippen LogP contribution is -1.87. The van der Waals surface area contributed by atoms with Crippen LogP contribution in [0.5, 0.6) is 0 Å². The topological polar surface area (TPSA) is 0 Å². The Hall–Kier alpha value is -1.29. The molecule has 82 valence electrons. The van der Waals surface area contributed by atoms with Gasteiger partial charge in [-0.15, -0.1) is 0 Å². The standard InChI is InChI=1S/C12H6BrF3/c13-8-3-7(4-10(15)5-8)11-2-1-9(14)6-12(11)16/h1-6H. The van der Waals surface area contributed by atoms with E-state index in [-0.39, 0.29) is 5.56 Å². The second-order valence-electron chi connectivity index (χ2n) is 3.28. The summed E-state index contributed by atoms with van der Waals surface area (Å²) in [4.78, 5) is 0. The summed E-state index contributed by atoms with van der Waals surface area (Å²) in [5.74, 6) is -1.85. The van der Waals surface area contributed by atoms with E-state index in [1.54, 1.807) is 6.07 Å². The van der Waals surface area contributed by atoms with Crippen LogP contribution >= 0.6 is 15.9 Å². The molecular weight excluding hydrogens is 281 g/mol. The van der Waals surface area contributed by atoms with Gasteiger partial charge in [0.15, 0.2) is 0 Å². The largest absolute Gasteiger partial charge is 0.207 e. The molecule has 2 aromatic carbocycles. The molecule has 4 heteroatoms. The maximum Gasteiger partial charge on any atom is 0.133 e. The third kappa shape index (κ3) is 2.27. The average molecular weight is 287 g/mol. The number of benzene rings is 2. The maximum absolute atomic E-state index is 13.4. The monoisotopic (exact) mass is 286 g/mol. The Morgan fingerprint density at radius 1 is 0.812 bits per heavy atom. The molecule has 2 rings (SSSR count). The van der Waals surface area contributed by atoms with Crippen molar-refractivity contribution in [3.05, 3.63) is 58.3 Å². The van der Waals surface area contributed by atoms with E-state index in [2.05, 4.69) is 15.9 Å². The van der Waals surface area contributed by atoms with Gasteiger partial charge in [-0.1, -0.05) is 15.9 Å². The fourth-order valence-electron chi connectivity index (χ4n) is 1.43. The highest BCUT2D eigenvalue weighted by Gasteiger charge is 2.08. The SMILES string of the molecule is Fc1cc(Br)cc(-c2ccc(F)cc2F)c1.